The maximum Gasteiger partial charge on any atom is 0.259 e. The van der Waals surface area contributed by atoms with E-state index in [1.165, 1.54) is 29.6 Å². The Morgan fingerprint density at radius 1 is 1.10 bits per heavy atom. The minimum atomic E-state index is -3.66. The lowest BCUT2D eigenvalue weighted by molar-refractivity contribution is 0.102. The van der Waals surface area contributed by atoms with Crippen LogP contribution in [0.1, 0.15) is 41.3 Å². The fraction of sp³-hybridized carbons (Fsp3) is 0.409. The summed E-state index contributed by atoms with van der Waals surface area (Å²) in [4.78, 5) is 13.0. The molecule has 1 fully saturated rings. The molecule has 1 amide bonds. The van der Waals surface area contributed by atoms with Crippen LogP contribution in [0.15, 0.2) is 41.3 Å². The van der Waals surface area contributed by atoms with Crippen molar-refractivity contribution in [2.24, 2.45) is 5.92 Å². The Hall–Kier alpha value is -2.38. The van der Waals surface area contributed by atoms with E-state index in [0.29, 0.717) is 30.4 Å². The molecule has 0 aliphatic carbocycles. The molecule has 7 heteroatoms. The molecule has 0 atom stereocenters. The Labute approximate surface area is 172 Å². The summed E-state index contributed by atoms with van der Waals surface area (Å²) in [5.41, 5.74) is 2.91. The molecule has 156 valence electrons. The average Bonchev–Trinajstić information content (AvgIpc) is 2.69. The van der Waals surface area contributed by atoms with Gasteiger partial charge in [0, 0.05) is 18.8 Å². The number of piperidine rings is 1. The van der Waals surface area contributed by atoms with Gasteiger partial charge in [-0.1, -0.05) is 24.6 Å². The van der Waals surface area contributed by atoms with E-state index in [4.69, 9.17) is 4.74 Å². The molecule has 1 aliphatic rings. The molecule has 0 unspecified atom stereocenters. The minimum absolute atomic E-state index is 0.110. The predicted molar refractivity (Wildman–Crippen MR) is 114 cm³/mol. The first-order valence-corrected chi connectivity index (χ1v) is 11.2. The van der Waals surface area contributed by atoms with Crippen molar-refractivity contribution in [1.29, 1.82) is 0 Å². The van der Waals surface area contributed by atoms with E-state index < -0.39 is 15.9 Å². The number of nitrogens with zero attached hydrogens (tertiary/aromatic N) is 1. The number of carbonyl (C=O) groups excluding carboxylic acids is 1. The van der Waals surface area contributed by atoms with Gasteiger partial charge >= 0.3 is 0 Å². The van der Waals surface area contributed by atoms with Gasteiger partial charge in [-0.2, -0.15) is 4.31 Å². The molecule has 0 spiro atoms. The van der Waals surface area contributed by atoms with Gasteiger partial charge in [-0.3, -0.25) is 4.79 Å². The highest BCUT2D eigenvalue weighted by Gasteiger charge is 2.29. The number of carbonyl (C=O) groups is 1. The smallest absolute Gasteiger partial charge is 0.259 e. The molecular weight excluding hydrogens is 388 g/mol. The quantitative estimate of drug-likeness (QED) is 0.800. The van der Waals surface area contributed by atoms with Crippen LogP contribution in [0.25, 0.3) is 0 Å². The predicted octanol–water partition coefficient (Wildman–Crippen LogP) is 3.98. The molecule has 0 radical (unpaired) electrons. The lowest BCUT2D eigenvalue weighted by atomic mass is 10.0. The number of anilines is 1. The highest BCUT2D eigenvalue weighted by molar-refractivity contribution is 7.89. The molecule has 0 saturated carbocycles. The summed E-state index contributed by atoms with van der Waals surface area (Å²) >= 11 is 0. The average molecular weight is 417 g/mol. The van der Waals surface area contributed by atoms with Crippen LogP contribution in [-0.2, 0) is 10.0 Å². The Morgan fingerprint density at radius 3 is 2.41 bits per heavy atom. The van der Waals surface area contributed by atoms with Crippen LogP contribution in [0, 0.1) is 19.8 Å². The van der Waals surface area contributed by atoms with Crippen LogP contribution < -0.4 is 10.1 Å². The van der Waals surface area contributed by atoms with Crippen LogP contribution in [0.3, 0.4) is 0 Å². The van der Waals surface area contributed by atoms with E-state index in [0.717, 1.165) is 24.0 Å². The fourth-order valence-corrected chi connectivity index (χ4v) is 5.04. The SMILES string of the molecule is COc1ccc(S(=O)(=O)N2CCC(C)CC2)cc1C(=O)Nc1ccc(C)cc1C. The summed E-state index contributed by atoms with van der Waals surface area (Å²) in [5, 5.41) is 2.87. The molecule has 2 aromatic carbocycles. The molecule has 1 heterocycles. The molecule has 0 bridgehead atoms. The molecule has 29 heavy (non-hydrogen) atoms. The maximum absolute atomic E-state index is 13.1. The molecule has 1 N–H and O–H groups in total. The van der Waals surface area contributed by atoms with Gasteiger partial charge in [0.2, 0.25) is 10.0 Å². The van der Waals surface area contributed by atoms with Crippen molar-refractivity contribution in [3.05, 3.63) is 53.1 Å². The van der Waals surface area contributed by atoms with Gasteiger partial charge in [0.05, 0.1) is 17.6 Å². The Morgan fingerprint density at radius 2 is 1.79 bits per heavy atom. The van der Waals surface area contributed by atoms with Crippen molar-refractivity contribution in [3.8, 4) is 5.75 Å². The van der Waals surface area contributed by atoms with Crippen molar-refractivity contribution in [2.75, 3.05) is 25.5 Å². The largest absolute Gasteiger partial charge is 0.496 e. The third-order valence-electron chi connectivity index (χ3n) is 5.43. The summed E-state index contributed by atoms with van der Waals surface area (Å²) in [6, 6.07) is 10.2. The third kappa shape index (κ3) is 4.62. The number of sulfonamides is 1. The van der Waals surface area contributed by atoms with Crippen LogP contribution in [0.5, 0.6) is 5.75 Å². The van der Waals surface area contributed by atoms with Crippen molar-refractivity contribution in [2.45, 2.75) is 38.5 Å². The van der Waals surface area contributed by atoms with Gasteiger partial charge in [-0.25, -0.2) is 8.42 Å². The number of rotatable bonds is 5. The van der Waals surface area contributed by atoms with E-state index in [1.807, 2.05) is 32.0 Å². The molecule has 6 nitrogen and oxygen atoms in total. The number of amides is 1. The van der Waals surface area contributed by atoms with Crippen molar-refractivity contribution in [3.63, 3.8) is 0 Å². The van der Waals surface area contributed by atoms with Crippen molar-refractivity contribution >= 4 is 21.6 Å². The lowest BCUT2D eigenvalue weighted by Crippen LogP contribution is -2.37. The first-order valence-electron chi connectivity index (χ1n) is 9.79. The molecule has 3 rings (SSSR count). The maximum atomic E-state index is 13.1. The van der Waals surface area contributed by atoms with Gasteiger partial charge in [0.25, 0.3) is 5.91 Å². The second-order valence-corrected chi connectivity index (χ2v) is 9.66. The Kier molecular flexibility index (Phi) is 6.29. The van der Waals surface area contributed by atoms with Crippen molar-refractivity contribution in [1.82, 2.24) is 4.31 Å². The van der Waals surface area contributed by atoms with E-state index in [-0.39, 0.29) is 10.5 Å². The minimum Gasteiger partial charge on any atom is -0.496 e. The zero-order valence-electron chi connectivity index (χ0n) is 17.4. The number of hydrogen-bond acceptors (Lipinski definition) is 4. The molecule has 1 aliphatic heterocycles. The zero-order valence-corrected chi connectivity index (χ0v) is 18.2. The van der Waals surface area contributed by atoms with Crippen LogP contribution in [0.4, 0.5) is 5.69 Å². The molecular formula is C22H28N2O4S. The Bertz CT molecular complexity index is 1010. The summed E-state index contributed by atoms with van der Waals surface area (Å²) in [5.74, 6) is 0.452. The number of hydrogen-bond donors (Lipinski definition) is 1. The number of methoxy groups -OCH3 is 1. The first-order chi connectivity index (χ1) is 13.7. The van der Waals surface area contributed by atoms with Crippen LogP contribution in [-0.4, -0.2) is 38.8 Å². The highest BCUT2D eigenvalue weighted by atomic mass is 32.2. The normalized spacial score (nSPS) is 15.9. The number of aryl methyl sites for hydroxylation is 2. The van der Waals surface area contributed by atoms with E-state index >= 15 is 0 Å². The highest BCUT2D eigenvalue weighted by Crippen LogP contribution is 2.28. The van der Waals surface area contributed by atoms with E-state index in [1.54, 1.807) is 0 Å². The summed E-state index contributed by atoms with van der Waals surface area (Å²) in [6.45, 7) is 7.03. The monoisotopic (exact) mass is 416 g/mol. The molecule has 1 saturated heterocycles. The van der Waals surface area contributed by atoms with E-state index in [2.05, 4.69) is 12.2 Å². The third-order valence-corrected chi connectivity index (χ3v) is 7.32. The van der Waals surface area contributed by atoms with Crippen LogP contribution in [0.2, 0.25) is 0 Å². The summed E-state index contributed by atoms with van der Waals surface area (Å²) in [7, 11) is -2.19. The molecule has 0 aromatic heterocycles. The standard InChI is InChI=1S/C22H28N2O4S/c1-15-9-11-24(12-10-15)29(26,27)18-6-8-21(28-4)19(14-18)22(25)23-20-7-5-16(2)13-17(20)3/h5-8,13-15H,9-12H2,1-4H3,(H,23,25). The van der Waals surface area contributed by atoms with Gasteiger partial charge < -0.3 is 10.1 Å². The first kappa shape index (κ1) is 21.3. The van der Waals surface area contributed by atoms with Gasteiger partial charge in [-0.15, -0.1) is 0 Å². The number of benzene rings is 2. The number of ether oxygens (including phenoxy) is 1. The van der Waals surface area contributed by atoms with E-state index in [9.17, 15) is 13.2 Å². The topological polar surface area (TPSA) is 75.7 Å². The Balaban J connectivity index is 1.91. The fourth-order valence-electron chi connectivity index (χ4n) is 3.54. The van der Waals surface area contributed by atoms with Gasteiger partial charge in [-0.05, 0) is 62.4 Å². The second-order valence-electron chi connectivity index (χ2n) is 7.72. The zero-order chi connectivity index (χ0) is 21.2. The van der Waals surface area contributed by atoms with Crippen molar-refractivity contribution < 1.29 is 17.9 Å². The van der Waals surface area contributed by atoms with Gasteiger partial charge in [0.1, 0.15) is 5.75 Å². The summed E-state index contributed by atoms with van der Waals surface area (Å²) in [6.07, 6.45) is 1.69. The van der Waals surface area contributed by atoms with Gasteiger partial charge in [0.15, 0.2) is 0 Å². The lowest BCUT2D eigenvalue weighted by Gasteiger charge is -2.29. The summed E-state index contributed by atoms with van der Waals surface area (Å²) < 4.78 is 33.0. The second kappa shape index (κ2) is 8.55. The van der Waals surface area contributed by atoms with Crippen LogP contribution >= 0.6 is 0 Å². The number of nitrogens with one attached hydrogen (secondary N) is 1. The molecule has 2 aromatic rings.